The van der Waals surface area contributed by atoms with Gasteiger partial charge in [0.15, 0.2) is 5.78 Å². The predicted octanol–water partition coefficient (Wildman–Crippen LogP) is 4.38. The lowest BCUT2D eigenvalue weighted by Crippen LogP contribution is -2.29. The zero-order chi connectivity index (χ0) is 19.3. The van der Waals surface area contributed by atoms with Gasteiger partial charge in [0, 0.05) is 10.4 Å². The Labute approximate surface area is 159 Å². The Morgan fingerprint density at radius 1 is 1.00 bits per heavy atom. The molecule has 0 amide bonds. The van der Waals surface area contributed by atoms with Gasteiger partial charge in [-0.1, -0.05) is 62.2 Å². The average molecular weight is 392 g/mol. The van der Waals surface area contributed by atoms with Crippen LogP contribution >= 0.6 is 11.6 Å². The molecule has 2 aromatic rings. The molecule has 4 nitrogen and oxygen atoms in total. The van der Waals surface area contributed by atoms with Gasteiger partial charge in [-0.3, -0.25) is 4.79 Å². The van der Waals surface area contributed by atoms with Crippen molar-refractivity contribution in [3.05, 3.63) is 64.7 Å². The van der Waals surface area contributed by atoms with E-state index in [-0.39, 0.29) is 10.7 Å². The van der Waals surface area contributed by atoms with Gasteiger partial charge in [-0.25, -0.2) is 8.42 Å². The summed E-state index contributed by atoms with van der Waals surface area (Å²) in [5.74, 6) is -0.0897. The molecule has 0 aromatic heterocycles. The number of carbonyl (C=O) groups excluding carboxylic acids is 1. The monoisotopic (exact) mass is 391 g/mol. The summed E-state index contributed by atoms with van der Waals surface area (Å²) in [6.45, 7) is 7.33. The largest absolute Gasteiger partial charge is 0.297 e. The minimum atomic E-state index is -3.76. The van der Waals surface area contributed by atoms with Crippen molar-refractivity contribution in [3.8, 4) is 0 Å². The molecule has 0 bridgehead atoms. The quantitative estimate of drug-likeness (QED) is 0.727. The van der Waals surface area contributed by atoms with Gasteiger partial charge in [-0.15, -0.1) is 0 Å². The van der Waals surface area contributed by atoms with E-state index in [0.29, 0.717) is 5.02 Å². The topological polar surface area (TPSA) is 54.2 Å². The summed E-state index contributed by atoms with van der Waals surface area (Å²) in [5.41, 5.74) is 1.12. The molecule has 138 valence electrons. The molecular formula is C20H22ClNO3S. The lowest BCUT2D eigenvalue weighted by Gasteiger charge is -2.16. The first-order valence-corrected chi connectivity index (χ1v) is 10.3. The molecule has 1 aliphatic rings. The summed E-state index contributed by atoms with van der Waals surface area (Å²) < 4.78 is 27.6. The Bertz CT molecular complexity index is 929. The molecule has 2 aromatic carbocycles. The van der Waals surface area contributed by atoms with Gasteiger partial charge in [-0.2, -0.15) is 4.31 Å². The molecule has 1 unspecified atom stereocenters. The number of rotatable bonds is 4. The molecule has 0 saturated carbocycles. The highest BCUT2D eigenvalue weighted by Gasteiger charge is 2.61. The Balaban J connectivity index is 2.03. The summed E-state index contributed by atoms with van der Waals surface area (Å²) in [6, 6.07) is 12.5. The third-order valence-electron chi connectivity index (χ3n) is 4.57. The van der Waals surface area contributed by atoms with Gasteiger partial charge in [0.05, 0.1) is 10.9 Å². The predicted molar refractivity (Wildman–Crippen MR) is 103 cm³/mol. The maximum absolute atomic E-state index is 13.1. The van der Waals surface area contributed by atoms with Crippen LogP contribution in [0, 0.1) is 12.3 Å². The number of ketones is 1. The van der Waals surface area contributed by atoms with Crippen molar-refractivity contribution in [3.63, 3.8) is 0 Å². The molecule has 1 aliphatic heterocycles. The normalized spacial score (nSPS) is 22.9. The van der Waals surface area contributed by atoms with Crippen molar-refractivity contribution in [2.75, 3.05) is 0 Å². The smallest absolute Gasteiger partial charge is 0.244 e. The molecule has 0 aliphatic carbocycles. The Kier molecular flexibility index (Phi) is 4.76. The van der Waals surface area contributed by atoms with Crippen LogP contribution in [0.3, 0.4) is 0 Å². The number of hydrogen-bond acceptors (Lipinski definition) is 3. The van der Waals surface area contributed by atoms with Crippen LogP contribution in [0.15, 0.2) is 53.4 Å². The Hall–Kier alpha value is -1.69. The fraction of sp³-hybridized carbons (Fsp3) is 0.350. The van der Waals surface area contributed by atoms with E-state index in [4.69, 9.17) is 11.6 Å². The molecule has 26 heavy (non-hydrogen) atoms. The van der Waals surface area contributed by atoms with Gasteiger partial charge in [-0.05, 0) is 36.8 Å². The number of hydrogen-bond donors (Lipinski definition) is 0. The molecule has 0 spiro atoms. The highest BCUT2D eigenvalue weighted by molar-refractivity contribution is 7.89. The molecule has 3 atom stereocenters. The summed E-state index contributed by atoms with van der Waals surface area (Å²) in [6.07, 6.45) is 0. The van der Waals surface area contributed by atoms with Crippen LogP contribution in [-0.4, -0.2) is 24.5 Å². The van der Waals surface area contributed by atoms with Crippen LogP contribution in [0.25, 0.3) is 0 Å². The number of benzene rings is 2. The van der Waals surface area contributed by atoms with E-state index in [9.17, 15) is 13.2 Å². The SMILES string of the molecule is Cc1ccc(S(=O)(=O)N2[C@H](C(=O)C(C)(C)C)[C@@H]2c2ccc(Cl)cc2)cc1. The minimum absolute atomic E-state index is 0.0897. The first kappa shape index (κ1) is 19.1. The highest BCUT2D eigenvalue weighted by atomic mass is 35.5. The second-order valence-corrected chi connectivity index (χ2v) is 9.98. The maximum atomic E-state index is 13.1. The van der Waals surface area contributed by atoms with Crippen molar-refractivity contribution >= 4 is 27.4 Å². The maximum Gasteiger partial charge on any atom is 0.244 e. The number of Topliss-reactive ketones (excluding diaryl/α,β-unsaturated/α-hetero) is 1. The summed E-state index contributed by atoms with van der Waals surface area (Å²) in [5, 5.41) is 0.570. The van der Waals surface area contributed by atoms with E-state index in [2.05, 4.69) is 0 Å². The van der Waals surface area contributed by atoms with Crippen LogP contribution in [0.2, 0.25) is 5.02 Å². The van der Waals surface area contributed by atoms with Crippen LogP contribution in [0.1, 0.15) is 37.9 Å². The second-order valence-electron chi connectivity index (χ2n) is 7.70. The molecule has 1 fully saturated rings. The second kappa shape index (κ2) is 6.48. The summed E-state index contributed by atoms with van der Waals surface area (Å²) in [4.78, 5) is 13.1. The van der Waals surface area contributed by atoms with Crippen molar-refractivity contribution in [1.29, 1.82) is 0 Å². The molecular weight excluding hydrogens is 370 g/mol. The van der Waals surface area contributed by atoms with Crippen LogP contribution in [-0.2, 0) is 14.8 Å². The van der Waals surface area contributed by atoms with Gasteiger partial charge in [0.1, 0.15) is 6.04 Å². The molecule has 3 rings (SSSR count). The van der Waals surface area contributed by atoms with E-state index < -0.39 is 27.5 Å². The van der Waals surface area contributed by atoms with Crippen LogP contribution in [0.4, 0.5) is 0 Å². The van der Waals surface area contributed by atoms with Gasteiger partial charge >= 0.3 is 0 Å². The Morgan fingerprint density at radius 2 is 1.54 bits per heavy atom. The zero-order valence-electron chi connectivity index (χ0n) is 15.2. The third kappa shape index (κ3) is 3.43. The van der Waals surface area contributed by atoms with Gasteiger partial charge in [0.25, 0.3) is 0 Å². The average Bonchev–Trinajstić information content (AvgIpc) is 3.30. The third-order valence-corrected chi connectivity index (χ3v) is 6.70. The van der Waals surface area contributed by atoms with E-state index in [1.54, 1.807) is 48.5 Å². The first-order chi connectivity index (χ1) is 12.0. The molecule has 0 N–H and O–H groups in total. The van der Waals surface area contributed by atoms with E-state index in [1.807, 2.05) is 27.7 Å². The van der Waals surface area contributed by atoms with Gasteiger partial charge < -0.3 is 0 Å². The van der Waals surface area contributed by atoms with Crippen molar-refractivity contribution in [1.82, 2.24) is 4.31 Å². The van der Waals surface area contributed by atoms with Crippen molar-refractivity contribution in [2.45, 2.75) is 44.7 Å². The first-order valence-electron chi connectivity index (χ1n) is 8.43. The number of sulfonamides is 1. The fourth-order valence-electron chi connectivity index (χ4n) is 3.03. The number of nitrogens with zero attached hydrogens (tertiary/aromatic N) is 1. The lowest BCUT2D eigenvalue weighted by atomic mass is 9.87. The number of carbonyl (C=O) groups is 1. The zero-order valence-corrected chi connectivity index (χ0v) is 16.8. The highest BCUT2D eigenvalue weighted by Crippen LogP contribution is 2.50. The van der Waals surface area contributed by atoms with Crippen molar-refractivity contribution < 1.29 is 13.2 Å². The van der Waals surface area contributed by atoms with Crippen LogP contribution in [0.5, 0.6) is 0 Å². The number of halogens is 1. The lowest BCUT2D eigenvalue weighted by molar-refractivity contribution is -0.126. The molecule has 6 heteroatoms. The van der Waals surface area contributed by atoms with E-state index in [1.165, 1.54) is 4.31 Å². The van der Waals surface area contributed by atoms with E-state index >= 15 is 0 Å². The molecule has 1 heterocycles. The van der Waals surface area contributed by atoms with Gasteiger partial charge in [0.2, 0.25) is 10.0 Å². The standard InChI is InChI=1S/C20H22ClNO3S/c1-13-5-11-16(12-6-13)26(24,25)22-17(14-7-9-15(21)10-8-14)18(22)19(23)20(2,3)4/h5-12,17-18H,1-4H3/t17-,18-,22?/m0/s1. The number of aryl methyl sites for hydroxylation is 1. The molecule has 1 saturated heterocycles. The summed E-state index contributed by atoms with van der Waals surface area (Å²) in [7, 11) is -3.76. The molecule has 0 radical (unpaired) electrons. The van der Waals surface area contributed by atoms with E-state index in [0.717, 1.165) is 11.1 Å². The van der Waals surface area contributed by atoms with Crippen LogP contribution < -0.4 is 0 Å². The summed E-state index contributed by atoms with van der Waals surface area (Å²) >= 11 is 5.95. The fourth-order valence-corrected chi connectivity index (χ4v) is 4.88. The van der Waals surface area contributed by atoms with Crippen molar-refractivity contribution in [2.24, 2.45) is 5.41 Å². The minimum Gasteiger partial charge on any atom is -0.297 e. The Morgan fingerprint density at radius 3 is 2.04 bits per heavy atom.